The summed E-state index contributed by atoms with van der Waals surface area (Å²) in [5, 5.41) is 0. The average Bonchev–Trinajstić information content (AvgIpc) is 2.94. The second-order valence-corrected chi connectivity index (χ2v) is 8.79. The van der Waals surface area contributed by atoms with E-state index >= 15 is 0 Å². The van der Waals surface area contributed by atoms with E-state index in [1.165, 1.54) is 99.2 Å². The molecule has 0 aliphatic carbocycles. The molecule has 0 aromatic carbocycles. The van der Waals surface area contributed by atoms with Crippen molar-refractivity contribution in [3.8, 4) is 0 Å². The third-order valence-electron chi connectivity index (χ3n) is 5.76. The Labute approximate surface area is 199 Å². The molecule has 0 radical (unpaired) electrons. The van der Waals surface area contributed by atoms with Gasteiger partial charge in [0.25, 0.3) is 0 Å². The number of rotatable bonds is 0. The van der Waals surface area contributed by atoms with E-state index in [1.54, 1.807) is 0 Å². The lowest BCUT2D eigenvalue weighted by atomic mass is 10.0. The number of likely N-dealkylation sites (tertiary alicyclic amines) is 2. The van der Waals surface area contributed by atoms with Gasteiger partial charge in [-0.05, 0) is 32.2 Å². The summed E-state index contributed by atoms with van der Waals surface area (Å²) in [6, 6.07) is 0. The largest absolute Gasteiger partial charge is 0.468 e. The number of quaternary nitrogens is 3. The molecule has 0 amide bonds. The molecule has 3 heterocycles. The van der Waals surface area contributed by atoms with Crippen LogP contribution in [0.2, 0.25) is 0 Å². The van der Waals surface area contributed by atoms with Gasteiger partial charge in [0.15, 0.2) is 0 Å². The maximum atomic E-state index is 4.01. The normalized spacial score (nSPS) is 30.4. The monoisotopic (exact) mass is 445 g/mol. The Hall–Kier alpha value is -0.160. The quantitative estimate of drug-likeness (QED) is 0.489. The Kier molecular flexibility index (Phi) is 29.8. The number of hydrogen-bond donors (Lipinski definition) is 3. The first-order valence-corrected chi connectivity index (χ1v) is 13.5. The number of nitrogens with zero attached hydrogens (tertiary/aromatic N) is 1. The van der Waals surface area contributed by atoms with Gasteiger partial charge in [0.05, 0.1) is 39.3 Å². The minimum absolute atomic E-state index is 0.924. The van der Waals surface area contributed by atoms with E-state index < -0.39 is 0 Å². The predicted molar refractivity (Wildman–Crippen MR) is 141 cm³/mol. The van der Waals surface area contributed by atoms with Gasteiger partial charge in [-0.1, -0.05) is 55.4 Å². The molecule has 5 atom stereocenters. The summed E-state index contributed by atoms with van der Waals surface area (Å²) >= 11 is 0. The van der Waals surface area contributed by atoms with E-state index in [4.69, 9.17) is 0 Å². The molecule has 3 saturated heterocycles. The topological polar surface area (TPSA) is 16.6 Å². The second kappa shape index (κ2) is 26.1. The van der Waals surface area contributed by atoms with E-state index in [9.17, 15) is 0 Å². The highest BCUT2D eigenvalue weighted by Crippen LogP contribution is 2.09. The van der Waals surface area contributed by atoms with Crippen molar-refractivity contribution in [1.82, 2.24) is 4.90 Å². The van der Waals surface area contributed by atoms with E-state index in [0.29, 0.717) is 0 Å². The Morgan fingerprint density at radius 1 is 0.581 bits per heavy atom. The lowest BCUT2D eigenvalue weighted by Gasteiger charge is -2.17. The molecule has 4 heteroatoms. The summed E-state index contributed by atoms with van der Waals surface area (Å²) in [4.78, 5) is 6.73. The van der Waals surface area contributed by atoms with Crippen LogP contribution >= 0.6 is 0 Å². The Morgan fingerprint density at radius 3 is 1.55 bits per heavy atom. The van der Waals surface area contributed by atoms with E-state index in [-0.39, 0.29) is 0 Å². The highest BCUT2D eigenvalue weighted by molar-refractivity contribution is 4.55. The van der Waals surface area contributed by atoms with Crippen LogP contribution in [0, 0.1) is 33.0 Å². The maximum absolute atomic E-state index is 4.01. The van der Waals surface area contributed by atoms with Crippen molar-refractivity contribution in [2.24, 2.45) is 11.8 Å². The molecule has 0 saturated carbocycles. The van der Waals surface area contributed by atoms with Gasteiger partial charge in [-0.25, -0.2) is 0 Å². The molecule has 0 aromatic heterocycles. The van der Waals surface area contributed by atoms with Crippen LogP contribution in [0.4, 0.5) is 0 Å². The molecular weight excluding hydrogens is 380 g/mol. The molecule has 0 aromatic rings. The van der Waals surface area contributed by atoms with Crippen molar-refractivity contribution < 1.29 is 14.7 Å². The van der Waals surface area contributed by atoms with Crippen LogP contribution in [-0.2, 0) is 0 Å². The molecule has 3 rings (SSSR count). The van der Waals surface area contributed by atoms with Crippen LogP contribution in [0.15, 0.2) is 0 Å². The van der Waals surface area contributed by atoms with E-state index in [0.717, 1.165) is 11.8 Å². The lowest BCUT2D eigenvalue weighted by Crippen LogP contribution is -3.07. The summed E-state index contributed by atoms with van der Waals surface area (Å²) in [5.74, 6) is 1.87. The van der Waals surface area contributed by atoms with Gasteiger partial charge in [-0.3, -0.25) is 0 Å². The van der Waals surface area contributed by atoms with Gasteiger partial charge >= 0.3 is 0 Å². The highest BCUT2D eigenvalue weighted by Gasteiger charge is 2.13. The SMILES string of the molecule is CC.CC.CC.[CH2-][NH+]1CCC(C)C1.[CH2-][NH+]1CCCC(C)CC1.[CH2-][NH+]1CCCN(C)CC1. The van der Waals surface area contributed by atoms with Crippen molar-refractivity contribution in [2.75, 3.05) is 59.4 Å². The predicted octanol–water partition coefficient (Wildman–Crippen LogP) is 2.26. The standard InChI is InChI=1S/C8H17N.C7H16N2.C6H13N.3C2H6/c1-8-4-3-6-9(2)7-5-8;1-8-4-3-5-9(2)7-6-8;1-6-3-4-7(2)5-6;3*1-2/h8-9H,2-7H2,1H3;8H,1,3-7H2,2H3;6-7H,2-5H2,1H3;3*1-2H3. The van der Waals surface area contributed by atoms with Crippen molar-refractivity contribution in [2.45, 2.75) is 87.5 Å². The van der Waals surface area contributed by atoms with Gasteiger partial charge in [0.2, 0.25) is 0 Å². The van der Waals surface area contributed by atoms with Crippen LogP contribution in [0.25, 0.3) is 0 Å². The van der Waals surface area contributed by atoms with E-state index in [2.05, 4.69) is 46.9 Å². The maximum Gasteiger partial charge on any atom is 0.0659 e. The van der Waals surface area contributed by atoms with Crippen LogP contribution in [0.3, 0.4) is 0 Å². The highest BCUT2D eigenvalue weighted by atomic mass is 15.2. The number of hydrogen-bond acceptors (Lipinski definition) is 1. The molecule has 3 aliphatic rings. The van der Waals surface area contributed by atoms with Crippen molar-refractivity contribution in [3.05, 3.63) is 21.1 Å². The summed E-state index contributed by atoms with van der Waals surface area (Å²) in [6.07, 6.45) is 6.84. The average molecular weight is 445 g/mol. The first kappa shape index (κ1) is 35.4. The summed E-state index contributed by atoms with van der Waals surface area (Å²) in [6.45, 7) is 26.7. The molecule has 31 heavy (non-hydrogen) atoms. The minimum Gasteiger partial charge on any atom is -0.468 e. The van der Waals surface area contributed by atoms with Crippen LogP contribution in [0.1, 0.15) is 87.5 Å². The molecule has 3 fully saturated rings. The second-order valence-electron chi connectivity index (χ2n) is 8.79. The molecule has 3 N–H and O–H groups in total. The van der Waals surface area contributed by atoms with Gasteiger partial charge in [0.1, 0.15) is 0 Å². The number of likely N-dealkylation sites (N-methyl/N-ethyl adjacent to an activating group) is 1. The summed E-state index contributed by atoms with van der Waals surface area (Å²) in [7, 11) is 14.1. The molecule has 5 unspecified atom stereocenters. The van der Waals surface area contributed by atoms with Crippen molar-refractivity contribution in [1.29, 1.82) is 0 Å². The molecule has 0 spiro atoms. The van der Waals surface area contributed by atoms with E-state index in [1.807, 2.05) is 41.5 Å². The molecule has 192 valence electrons. The molecule has 3 aliphatic heterocycles. The molecular formula is C27H64N4. The Bertz CT molecular complexity index is 274. The van der Waals surface area contributed by atoms with Crippen LogP contribution in [0.5, 0.6) is 0 Å². The zero-order chi connectivity index (χ0) is 24.7. The van der Waals surface area contributed by atoms with Gasteiger partial charge < -0.3 is 19.6 Å². The Balaban J connectivity index is -0.000000340. The summed E-state index contributed by atoms with van der Waals surface area (Å²) < 4.78 is 0. The first-order chi connectivity index (χ1) is 14.9. The molecule has 4 nitrogen and oxygen atoms in total. The van der Waals surface area contributed by atoms with Crippen LogP contribution < -0.4 is 14.7 Å². The minimum atomic E-state index is 0.924. The fraction of sp³-hybridized carbons (Fsp3) is 0.889. The third-order valence-corrected chi connectivity index (χ3v) is 5.76. The fourth-order valence-corrected chi connectivity index (χ4v) is 3.75. The van der Waals surface area contributed by atoms with Crippen molar-refractivity contribution in [3.63, 3.8) is 0 Å². The van der Waals surface area contributed by atoms with Gasteiger partial charge in [-0.2, -0.15) is 21.1 Å². The smallest absolute Gasteiger partial charge is 0.0659 e. The zero-order valence-corrected chi connectivity index (χ0v) is 23.4. The van der Waals surface area contributed by atoms with Gasteiger partial charge in [-0.15, -0.1) is 0 Å². The first-order valence-electron chi connectivity index (χ1n) is 13.5. The van der Waals surface area contributed by atoms with Crippen LogP contribution in [-0.4, -0.2) is 64.3 Å². The lowest BCUT2D eigenvalue weighted by molar-refractivity contribution is -0.852. The van der Waals surface area contributed by atoms with Gasteiger partial charge in [0, 0.05) is 31.8 Å². The fourth-order valence-electron chi connectivity index (χ4n) is 3.75. The molecule has 0 bridgehead atoms. The Morgan fingerprint density at radius 2 is 1.06 bits per heavy atom. The van der Waals surface area contributed by atoms with Crippen molar-refractivity contribution >= 4 is 0 Å². The number of nitrogens with one attached hydrogen (secondary N) is 3. The third kappa shape index (κ3) is 24.3. The summed E-state index contributed by atoms with van der Waals surface area (Å²) in [5.41, 5.74) is 0. The zero-order valence-electron chi connectivity index (χ0n) is 23.4.